The zero-order valence-electron chi connectivity index (χ0n) is 14.5. The van der Waals surface area contributed by atoms with E-state index in [2.05, 4.69) is 10.3 Å². The van der Waals surface area contributed by atoms with Gasteiger partial charge in [0.05, 0.1) is 18.8 Å². The standard InChI is InChI=1S/C20H16F2N4O/c1-24-18-7-6-16(8-13(18)10-23)26-20(27)19-17(9-15(22)11-25-19)12-2-4-14(21)5-3-12/h2-11,23-24H,1H3,(H,26,27)/p+1. The highest BCUT2D eigenvalue weighted by Crippen LogP contribution is 2.25. The van der Waals surface area contributed by atoms with E-state index in [4.69, 9.17) is 5.41 Å². The van der Waals surface area contributed by atoms with Crippen LogP contribution in [0.25, 0.3) is 11.1 Å². The van der Waals surface area contributed by atoms with Gasteiger partial charge in [0, 0.05) is 23.5 Å². The lowest BCUT2D eigenvalue weighted by atomic mass is 10.0. The Morgan fingerprint density at radius 1 is 1.11 bits per heavy atom. The van der Waals surface area contributed by atoms with Crippen molar-refractivity contribution in [2.75, 3.05) is 12.4 Å². The number of rotatable bonds is 5. The highest BCUT2D eigenvalue weighted by molar-refractivity contribution is 6.07. The molecule has 0 aliphatic rings. The lowest BCUT2D eigenvalue weighted by Gasteiger charge is -2.11. The van der Waals surface area contributed by atoms with Gasteiger partial charge >= 0.3 is 0 Å². The number of aromatic nitrogens is 1. The molecule has 27 heavy (non-hydrogen) atoms. The lowest BCUT2D eigenvalue weighted by Crippen LogP contribution is -2.73. The Balaban J connectivity index is 1.95. The molecular formula is C20H17F2N4O+. The third kappa shape index (κ3) is 4.04. The predicted octanol–water partition coefficient (Wildman–Crippen LogP) is 3.10. The van der Waals surface area contributed by atoms with Crippen LogP contribution in [0.5, 0.6) is 0 Å². The van der Waals surface area contributed by atoms with E-state index in [9.17, 15) is 13.6 Å². The summed E-state index contributed by atoms with van der Waals surface area (Å²) in [6.45, 7) is 0. The Morgan fingerprint density at radius 3 is 2.52 bits per heavy atom. The second-order valence-corrected chi connectivity index (χ2v) is 5.79. The molecule has 2 aromatic carbocycles. The van der Waals surface area contributed by atoms with E-state index >= 15 is 0 Å². The highest BCUT2D eigenvalue weighted by Gasteiger charge is 2.17. The van der Waals surface area contributed by atoms with Crippen molar-refractivity contribution in [3.63, 3.8) is 0 Å². The molecule has 0 radical (unpaired) electrons. The number of nitrogens with one attached hydrogen (secondary N) is 2. The number of quaternary nitrogens is 1. The van der Waals surface area contributed by atoms with Gasteiger partial charge in [0.2, 0.25) is 0 Å². The highest BCUT2D eigenvalue weighted by atomic mass is 19.1. The summed E-state index contributed by atoms with van der Waals surface area (Å²) in [6.07, 6.45) is 2.16. The van der Waals surface area contributed by atoms with Crippen molar-refractivity contribution in [1.82, 2.24) is 4.98 Å². The lowest BCUT2D eigenvalue weighted by molar-refractivity contribution is -0.539. The summed E-state index contributed by atoms with van der Waals surface area (Å²) in [7, 11) is 1.86. The zero-order valence-corrected chi connectivity index (χ0v) is 14.5. The van der Waals surface area contributed by atoms with Crippen molar-refractivity contribution in [2.24, 2.45) is 0 Å². The molecule has 1 amide bonds. The maximum atomic E-state index is 13.7. The van der Waals surface area contributed by atoms with Crippen LogP contribution in [-0.4, -0.2) is 24.2 Å². The van der Waals surface area contributed by atoms with Gasteiger partial charge in [-0.2, -0.15) is 0 Å². The largest absolute Gasteiger partial charge is 0.321 e. The molecule has 7 heteroatoms. The fraction of sp³-hybridized carbons (Fsp3) is 0.0500. The average Bonchev–Trinajstić information content (AvgIpc) is 2.68. The van der Waals surface area contributed by atoms with E-state index in [1.54, 1.807) is 18.2 Å². The quantitative estimate of drug-likeness (QED) is 0.478. The first-order valence-corrected chi connectivity index (χ1v) is 8.18. The van der Waals surface area contributed by atoms with E-state index in [0.29, 0.717) is 16.8 Å². The fourth-order valence-electron chi connectivity index (χ4n) is 2.70. The molecule has 0 unspecified atom stereocenters. The first kappa shape index (κ1) is 18.3. The molecule has 4 N–H and O–H groups in total. The normalized spacial score (nSPS) is 10.5. The van der Waals surface area contributed by atoms with Gasteiger partial charge in [-0.15, -0.1) is 0 Å². The number of amides is 1. The maximum Gasteiger partial charge on any atom is 0.274 e. The number of nitrogens with zero attached hydrogens (tertiary/aromatic N) is 1. The monoisotopic (exact) mass is 367 g/mol. The molecule has 136 valence electrons. The number of halogens is 2. The fourth-order valence-corrected chi connectivity index (χ4v) is 2.70. The van der Waals surface area contributed by atoms with Crippen LogP contribution in [0, 0.1) is 17.0 Å². The van der Waals surface area contributed by atoms with Crippen LogP contribution < -0.4 is 10.6 Å². The van der Waals surface area contributed by atoms with Crippen molar-refractivity contribution in [2.45, 2.75) is 0 Å². The number of carbonyl (C=O) groups excluding carboxylic acids is 1. The number of hydrogen-bond acceptors (Lipinski definition) is 3. The summed E-state index contributed by atoms with van der Waals surface area (Å²) < 4.78 is 26.9. The first-order valence-electron chi connectivity index (χ1n) is 8.18. The van der Waals surface area contributed by atoms with Crippen LogP contribution in [0.2, 0.25) is 0 Å². The number of pyridine rings is 1. The Bertz CT molecular complexity index is 1000. The molecule has 0 saturated heterocycles. The molecule has 0 fully saturated rings. The predicted molar refractivity (Wildman–Crippen MR) is 99.4 cm³/mol. The van der Waals surface area contributed by atoms with Gasteiger partial charge in [0.15, 0.2) is 0 Å². The molecule has 0 spiro atoms. The molecule has 5 nitrogen and oxygen atoms in total. The minimum absolute atomic E-state index is 0.0190. The van der Waals surface area contributed by atoms with Crippen molar-refractivity contribution >= 4 is 23.5 Å². The number of nitrogens with two attached hydrogens (primary N) is 1. The minimum atomic E-state index is -0.597. The van der Waals surface area contributed by atoms with Crippen LogP contribution in [0.3, 0.4) is 0 Å². The molecule has 3 aromatic rings. The third-order valence-electron chi connectivity index (χ3n) is 4.04. The number of benzene rings is 2. The summed E-state index contributed by atoms with van der Waals surface area (Å²) >= 11 is 0. The molecule has 1 aromatic heterocycles. The van der Waals surface area contributed by atoms with Gasteiger partial charge < -0.3 is 16.0 Å². The molecule has 0 atom stereocenters. The molecule has 3 rings (SSSR count). The molecular weight excluding hydrogens is 350 g/mol. The van der Waals surface area contributed by atoms with Crippen LogP contribution in [0.4, 0.5) is 20.2 Å². The van der Waals surface area contributed by atoms with E-state index in [1.165, 1.54) is 36.5 Å². The van der Waals surface area contributed by atoms with Gasteiger partial charge in [-0.25, -0.2) is 13.8 Å². The molecule has 0 bridgehead atoms. The maximum absolute atomic E-state index is 13.7. The van der Waals surface area contributed by atoms with Gasteiger partial charge in [-0.3, -0.25) is 4.79 Å². The summed E-state index contributed by atoms with van der Waals surface area (Å²) in [5.74, 6) is -1.56. The molecule has 0 saturated carbocycles. The average molecular weight is 367 g/mol. The van der Waals surface area contributed by atoms with Crippen LogP contribution in [-0.2, 0) is 0 Å². The Morgan fingerprint density at radius 2 is 1.85 bits per heavy atom. The molecule has 1 heterocycles. The van der Waals surface area contributed by atoms with Gasteiger partial charge in [-0.1, -0.05) is 12.1 Å². The van der Waals surface area contributed by atoms with Crippen molar-refractivity contribution < 1.29 is 18.9 Å². The topological polar surface area (TPSA) is 82.5 Å². The van der Waals surface area contributed by atoms with Crippen LogP contribution in [0.1, 0.15) is 16.1 Å². The third-order valence-corrected chi connectivity index (χ3v) is 4.04. The SMILES string of the molecule is C[NH2+]c1ccc(NC(=O)c2ncc(F)cc2-c2ccc(F)cc2)cc1C=N. The number of anilines is 1. The van der Waals surface area contributed by atoms with Crippen molar-refractivity contribution in [3.8, 4) is 11.1 Å². The summed E-state index contributed by atoms with van der Waals surface area (Å²) in [5, 5.41) is 12.0. The van der Waals surface area contributed by atoms with E-state index in [-0.39, 0.29) is 11.3 Å². The Hall–Kier alpha value is -3.45. The zero-order chi connectivity index (χ0) is 19.4. The smallest absolute Gasteiger partial charge is 0.274 e. The summed E-state index contributed by atoms with van der Waals surface area (Å²) in [5.41, 5.74) is 2.77. The van der Waals surface area contributed by atoms with Gasteiger partial charge in [0.25, 0.3) is 5.91 Å². The number of hydrogen-bond donors (Lipinski definition) is 3. The van der Waals surface area contributed by atoms with E-state index in [1.807, 2.05) is 12.4 Å². The van der Waals surface area contributed by atoms with Crippen LogP contribution >= 0.6 is 0 Å². The Kier molecular flexibility index (Phi) is 5.33. The van der Waals surface area contributed by atoms with Gasteiger partial charge in [-0.05, 0) is 35.9 Å². The molecule has 0 aliphatic heterocycles. The minimum Gasteiger partial charge on any atom is -0.321 e. The Labute approximate surface area is 154 Å². The first-order chi connectivity index (χ1) is 13.0. The number of carbonyl (C=O) groups is 1. The van der Waals surface area contributed by atoms with Crippen molar-refractivity contribution in [3.05, 3.63) is 77.6 Å². The van der Waals surface area contributed by atoms with Crippen LogP contribution in [0.15, 0.2) is 54.7 Å². The summed E-state index contributed by atoms with van der Waals surface area (Å²) in [4.78, 5) is 16.6. The second-order valence-electron chi connectivity index (χ2n) is 5.79. The second kappa shape index (κ2) is 7.84. The van der Waals surface area contributed by atoms with Crippen molar-refractivity contribution in [1.29, 1.82) is 5.41 Å². The van der Waals surface area contributed by atoms with E-state index in [0.717, 1.165) is 11.9 Å². The molecule has 0 aliphatic carbocycles. The van der Waals surface area contributed by atoms with E-state index < -0.39 is 17.5 Å². The summed E-state index contributed by atoms with van der Waals surface area (Å²) in [6, 6.07) is 11.7. The van der Waals surface area contributed by atoms with Gasteiger partial charge in [0.1, 0.15) is 23.0 Å².